The van der Waals surface area contributed by atoms with E-state index in [4.69, 9.17) is 10.3 Å². The molecule has 12 heavy (non-hydrogen) atoms. The van der Waals surface area contributed by atoms with E-state index in [0.717, 1.165) is 0 Å². The van der Waals surface area contributed by atoms with Crippen LogP contribution in [0.1, 0.15) is 6.92 Å². The van der Waals surface area contributed by atoms with Crippen molar-refractivity contribution >= 4 is 19.0 Å². The molecule has 1 aromatic carbocycles. The lowest BCUT2D eigenvalue weighted by atomic mass is 10.3. The molecule has 65 valence electrons. The van der Waals surface area contributed by atoms with E-state index in [-0.39, 0.29) is 0 Å². The standard InChI is InChI=1S/C8H11NO2P/c1-2-11-12(10)8-5-3-4-7(9)6-8/h3-6H,2,9H2,1H3. The first kappa shape index (κ1) is 9.17. The summed E-state index contributed by atoms with van der Waals surface area (Å²) in [5, 5.41) is 0.645. The van der Waals surface area contributed by atoms with Crippen LogP contribution in [0.4, 0.5) is 5.69 Å². The summed E-state index contributed by atoms with van der Waals surface area (Å²) in [5.41, 5.74) is 6.12. The van der Waals surface area contributed by atoms with Gasteiger partial charge in [0, 0.05) is 5.69 Å². The first-order chi connectivity index (χ1) is 5.74. The van der Waals surface area contributed by atoms with Crippen molar-refractivity contribution in [3.63, 3.8) is 0 Å². The average Bonchev–Trinajstić information content (AvgIpc) is 2.05. The Morgan fingerprint density at radius 1 is 1.58 bits per heavy atom. The van der Waals surface area contributed by atoms with Gasteiger partial charge in [0.05, 0.1) is 11.9 Å². The molecule has 0 saturated heterocycles. The Labute approximate surface area is 72.4 Å². The van der Waals surface area contributed by atoms with Gasteiger partial charge in [0.1, 0.15) is 0 Å². The molecule has 2 N–H and O–H groups in total. The minimum atomic E-state index is -1.72. The summed E-state index contributed by atoms with van der Waals surface area (Å²) in [5.74, 6) is 0. The SMILES string of the molecule is CCO[P](=O)c1cccc(N)c1. The van der Waals surface area contributed by atoms with Gasteiger partial charge in [-0.3, -0.25) is 4.57 Å². The van der Waals surface area contributed by atoms with Gasteiger partial charge in [-0.25, -0.2) is 0 Å². The van der Waals surface area contributed by atoms with Crippen LogP contribution < -0.4 is 11.0 Å². The Hall–Kier alpha value is -0.920. The number of hydrogen-bond donors (Lipinski definition) is 1. The van der Waals surface area contributed by atoms with E-state index in [1.165, 1.54) is 0 Å². The number of hydrogen-bond acceptors (Lipinski definition) is 3. The molecule has 1 atom stereocenters. The molecule has 1 rings (SSSR count). The van der Waals surface area contributed by atoms with Gasteiger partial charge < -0.3 is 10.3 Å². The third-order valence-electron chi connectivity index (χ3n) is 1.33. The van der Waals surface area contributed by atoms with Gasteiger partial charge in [-0.2, -0.15) is 0 Å². The monoisotopic (exact) mass is 184 g/mol. The van der Waals surface area contributed by atoms with Crippen molar-refractivity contribution in [2.75, 3.05) is 12.3 Å². The second kappa shape index (κ2) is 4.19. The molecule has 0 amide bonds. The van der Waals surface area contributed by atoms with Gasteiger partial charge in [0.25, 0.3) is 0 Å². The predicted molar refractivity (Wildman–Crippen MR) is 49.7 cm³/mol. The zero-order chi connectivity index (χ0) is 8.97. The summed E-state index contributed by atoms with van der Waals surface area (Å²) in [7, 11) is -1.72. The van der Waals surface area contributed by atoms with Gasteiger partial charge in [-0.05, 0) is 25.1 Å². The maximum Gasteiger partial charge on any atom is 0.246 e. The van der Waals surface area contributed by atoms with Crippen LogP contribution in [0.2, 0.25) is 0 Å². The molecule has 0 aliphatic rings. The van der Waals surface area contributed by atoms with Crippen molar-refractivity contribution in [3.8, 4) is 0 Å². The van der Waals surface area contributed by atoms with Crippen molar-refractivity contribution in [1.82, 2.24) is 0 Å². The molecule has 1 radical (unpaired) electrons. The molecule has 0 heterocycles. The van der Waals surface area contributed by atoms with Gasteiger partial charge in [-0.1, -0.05) is 6.07 Å². The Morgan fingerprint density at radius 3 is 2.92 bits per heavy atom. The second-order valence-electron chi connectivity index (χ2n) is 2.27. The number of nitrogen functional groups attached to an aromatic ring is 1. The summed E-state index contributed by atoms with van der Waals surface area (Å²) in [6.07, 6.45) is 0. The van der Waals surface area contributed by atoms with Crippen molar-refractivity contribution in [2.24, 2.45) is 0 Å². The molecule has 0 aromatic heterocycles. The smallest absolute Gasteiger partial charge is 0.246 e. The summed E-state index contributed by atoms with van der Waals surface area (Å²) in [6, 6.07) is 6.91. The fraction of sp³-hybridized carbons (Fsp3) is 0.250. The topological polar surface area (TPSA) is 52.3 Å². The lowest BCUT2D eigenvalue weighted by Crippen LogP contribution is -1.99. The summed E-state index contributed by atoms with van der Waals surface area (Å²) in [4.78, 5) is 0. The van der Waals surface area contributed by atoms with E-state index in [1.54, 1.807) is 31.2 Å². The number of rotatable bonds is 3. The van der Waals surface area contributed by atoms with Crippen LogP contribution in [0.25, 0.3) is 0 Å². The summed E-state index contributed by atoms with van der Waals surface area (Å²) in [6.45, 7) is 2.25. The fourth-order valence-electron chi connectivity index (χ4n) is 0.830. The third kappa shape index (κ3) is 2.29. The van der Waals surface area contributed by atoms with Crippen molar-refractivity contribution in [3.05, 3.63) is 24.3 Å². The molecule has 0 fully saturated rings. The molecule has 0 aliphatic heterocycles. The molecule has 0 spiro atoms. The first-order valence-electron chi connectivity index (χ1n) is 3.69. The maximum absolute atomic E-state index is 11.3. The minimum absolute atomic E-state index is 0.448. The number of anilines is 1. The van der Waals surface area contributed by atoms with E-state index >= 15 is 0 Å². The minimum Gasteiger partial charge on any atom is -0.399 e. The highest BCUT2D eigenvalue weighted by Crippen LogP contribution is 2.21. The molecule has 3 nitrogen and oxygen atoms in total. The van der Waals surface area contributed by atoms with Crippen LogP contribution in [0, 0.1) is 0 Å². The lowest BCUT2D eigenvalue weighted by molar-refractivity contribution is 0.357. The quantitative estimate of drug-likeness (QED) is 0.574. The first-order valence-corrected chi connectivity index (χ1v) is 4.87. The molecule has 1 aromatic rings. The van der Waals surface area contributed by atoms with Crippen LogP contribution in [-0.2, 0) is 9.09 Å². The van der Waals surface area contributed by atoms with Gasteiger partial charge in [0.15, 0.2) is 0 Å². The van der Waals surface area contributed by atoms with Crippen LogP contribution >= 0.6 is 8.03 Å². The molecule has 4 heteroatoms. The Balaban J connectivity index is 2.81. The largest absolute Gasteiger partial charge is 0.399 e. The zero-order valence-corrected chi connectivity index (χ0v) is 7.75. The normalized spacial score (nSPS) is 11.2. The molecule has 0 bridgehead atoms. The van der Waals surface area contributed by atoms with E-state index < -0.39 is 8.03 Å². The van der Waals surface area contributed by atoms with Gasteiger partial charge in [0.2, 0.25) is 8.03 Å². The lowest BCUT2D eigenvalue weighted by Gasteiger charge is -2.00. The number of benzene rings is 1. The van der Waals surface area contributed by atoms with Crippen molar-refractivity contribution in [1.29, 1.82) is 0 Å². The highest BCUT2D eigenvalue weighted by molar-refractivity contribution is 7.48. The van der Waals surface area contributed by atoms with Crippen LogP contribution in [-0.4, -0.2) is 6.61 Å². The third-order valence-corrected chi connectivity index (χ3v) is 2.52. The van der Waals surface area contributed by atoms with E-state index in [9.17, 15) is 4.57 Å². The molecular formula is C8H11NO2P. The summed E-state index contributed by atoms with van der Waals surface area (Å²) < 4.78 is 16.2. The van der Waals surface area contributed by atoms with Crippen molar-refractivity contribution < 1.29 is 9.09 Å². The number of nitrogens with two attached hydrogens (primary N) is 1. The maximum atomic E-state index is 11.3. The second-order valence-corrected chi connectivity index (χ2v) is 3.56. The molecule has 0 saturated carbocycles. The highest BCUT2D eigenvalue weighted by atomic mass is 31.1. The van der Waals surface area contributed by atoms with Crippen LogP contribution in [0.15, 0.2) is 24.3 Å². The van der Waals surface area contributed by atoms with E-state index in [1.807, 2.05) is 0 Å². The highest BCUT2D eigenvalue weighted by Gasteiger charge is 2.03. The summed E-state index contributed by atoms with van der Waals surface area (Å²) >= 11 is 0. The van der Waals surface area contributed by atoms with Gasteiger partial charge in [-0.15, -0.1) is 0 Å². The fourth-order valence-corrected chi connectivity index (χ4v) is 1.68. The van der Waals surface area contributed by atoms with E-state index in [2.05, 4.69) is 0 Å². The van der Waals surface area contributed by atoms with Crippen LogP contribution in [0.5, 0.6) is 0 Å². The van der Waals surface area contributed by atoms with Crippen LogP contribution in [0.3, 0.4) is 0 Å². The Kier molecular flexibility index (Phi) is 3.20. The zero-order valence-electron chi connectivity index (χ0n) is 6.86. The molecular weight excluding hydrogens is 173 g/mol. The Morgan fingerprint density at radius 2 is 2.33 bits per heavy atom. The molecule has 0 aliphatic carbocycles. The molecule has 1 unspecified atom stereocenters. The predicted octanol–water partition coefficient (Wildman–Crippen LogP) is 1.67. The van der Waals surface area contributed by atoms with Gasteiger partial charge >= 0.3 is 0 Å². The van der Waals surface area contributed by atoms with E-state index in [0.29, 0.717) is 17.6 Å². The average molecular weight is 184 g/mol. The van der Waals surface area contributed by atoms with Crippen molar-refractivity contribution in [2.45, 2.75) is 6.92 Å². The Bertz CT molecular complexity index is 288.